The van der Waals surface area contributed by atoms with Gasteiger partial charge in [-0.15, -0.1) is 11.3 Å². The van der Waals surface area contributed by atoms with E-state index in [9.17, 15) is 0 Å². The maximum atomic E-state index is 6.96. The number of aliphatic imine (C=N–C) groups is 1. The predicted octanol–water partition coefficient (Wildman–Crippen LogP) is 18.7. The van der Waals surface area contributed by atoms with Gasteiger partial charge in [0.25, 0.3) is 0 Å². The van der Waals surface area contributed by atoms with Gasteiger partial charge in [0.05, 0.1) is 22.8 Å². The summed E-state index contributed by atoms with van der Waals surface area (Å²) in [5, 5.41) is 12.2. The van der Waals surface area contributed by atoms with Gasteiger partial charge in [0.2, 0.25) is 0 Å². The predicted molar refractivity (Wildman–Crippen MR) is 299 cm³/mol. The molecular weight excluding hydrogens is 869 g/mol. The van der Waals surface area contributed by atoms with Crippen molar-refractivity contribution >= 4 is 108 Å². The first-order chi connectivity index (χ1) is 34.6. The second kappa shape index (κ2) is 16.3. The van der Waals surface area contributed by atoms with Crippen LogP contribution in [0.15, 0.2) is 222 Å². The number of furan rings is 1. The van der Waals surface area contributed by atoms with Crippen molar-refractivity contribution < 1.29 is 4.42 Å². The van der Waals surface area contributed by atoms with E-state index in [1.165, 1.54) is 91.3 Å². The molecule has 0 spiro atoms. The summed E-state index contributed by atoms with van der Waals surface area (Å²) in [6, 6.07) is 76.0. The summed E-state index contributed by atoms with van der Waals surface area (Å²) in [5.41, 5.74) is 13.7. The standard InChI is InChI=1S/C66H48N2OS/c1-3-48-49(44-28-26-42(27-29-44)41-15-5-4-6-16-41)32-25-40(2)65(67-66(48)47-31-34-63-54(36-47)52-22-12-14-24-62(52)70-63)55-39-61-56(64-50-20-10-9-17-43(50)30-33-60(64)69-61)38-59(55)68-57-23-13-11-21-51(57)53-35-45-18-7-8-19-46(45)37-58(53)68/h4-24,26-40,48,66H,3,25H2,1-2H3/b49-32+,67-65+/t40?,48-,66?/m0/s1. The number of hydrogen-bond donors (Lipinski definition) is 0. The van der Waals surface area contributed by atoms with Crippen molar-refractivity contribution in [2.75, 3.05) is 0 Å². The number of thiophene rings is 1. The highest BCUT2D eigenvalue weighted by Gasteiger charge is 2.32. The van der Waals surface area contributed by atoms with E-state index in [0.717, 1.165) is 51.7 Å². The minimum Gasteiger partial charge on any atom is -0.456 e. The number of nitrogens with zero attached hydrogens (tertiary/aromatic N) is 2. The molecule has 0 bridgehead atoms. The van der Waals surface area contributed by atoms with E-state index < -0.39 is 0 Å². The molecule has 0 saturated heterocycles. The van der Waals surface area contributed by atoms with Gasteiger partial charge in [-0.25, -0.2) is 0 Å². The summed E-state index contributed by atoms with van der Waals surface area (Å²) >= 11 is 1.87. The number of aromatic nitrogens is 1. The Morgan fingerprint density at radius 3 is 2.04 bits per heavy atom. The molecule has 3 nitrogen and oxygen atoms in total. The molecule has 1 aliphatic rings. The third kappa shape index (κ3) is 6.51. The van der Waals surface area contributed by atoms with E-state index in [-0.39, 0.29) is 17.9 Å². The molecule has 0 radical (unpaired) electrons. The smallest absolute Gasteiger partial charge is 0.136 e. The first kappa shape index (κ1) is 41.0. The highest BCUT2D eigenvalue weighted by atomic mass is 32.1. The lowest BCUT2D eigenvalue weighted by Crippen LogP contribution is -2.23. The molecule has 70 heavy (non-hydrogen) atoms. The maximum absolute atomic E-state index is 6.96. The van der Waals surface area contributed by atoms with Gasteiger partial charge in [-0.2, -0.15) is 0 Å². The lowest BCUT2D eigenvalue weighted by molar-refractivity contribution is 0.514. The monoisotopic (exact) mass is 916 g/mol. The number of rotatable bonds is 6. The Balaban J connectivity index is 1.05. The Kier molecular flexibility index (Phi) is 9.54. The number of allylic oxidation sites excluding steroid dienone is 1. The number of para-hydroxylation sites is 1. The van der Waals surface area contributed by atoms with Gasteiger partial charge in [-0.1, -0.05) is 172 Å². The Bertz CT molecular complexity index is 4280. The van der Waals surface area contributed by atoms with Crippen molar-refractivity contribution in [2.45, 2.75) is 32.7 Å². The lowest BCUT2D eigenvalue weighted by atomic mass is 9.78. The molecule has 0 amide bonds. The zero-order chi connectivity index (χ0) is 46.5. The fourth-order valence-corrected chi connectivity index (χ4v) is 12.9. The van der Waals surface area contributed by atoms with Crippen molar-refractivity contribution in [1.29, 1.82) is 0 Å². The van der Waals surface area contributed by atoms with Crippen molar-refractivity contribution in [3.8, 4) is 16.8 Å². The van der Waals surface area contributed by atoms with Crippen LogP contribution in [0.1, 0.15) is 49.4 Å². The fourth-order valence-electron chi connectivity index (χ4n) is 11.8. The van der Waals surface area contributed by atoms with Crippen LogP contribution in [0.4, 0.5) is 0 Å². The largest absolute Gasteiger partial charge is 0.456 e. The number of hydrogen-bond acceptors (Lipinski definition) is 3. The maximum Gasteiger partial charge on any atom is 0.136 e. The van der Waals surface area contributed by atoms with Gasteiger partial charge >= 0.3 is 0 Å². The molecule has 0 saturated carbocycles. The highest BCUT2D eigenvalue weighted by molar-refractivity contribution is 7.25. The second-order valence-electron chi connectivity index (χ2n) is 19.3. The molecule has 14 rings (SSSR count). The summed E-state index contributed by atoms with van der Waals surface area (Å²) in [6.45, 7) is 4.73. The van der Waals surface area contributed by atoms with E-state index in [0.29, 0.717) is 0 Å². The molecule has 4 heteroatoms. The molecule has 3 aromatic heterocycles. The zero-order valence-corrected chi connectivity index (χ0v) is 39.9. The first-order valence-electron chi connectivity index (χ1n) is 24.7. The molecule has 0 aliphatic carbocycles. The van der Waals surface area contributed by atoms with Crippen LogP contribution in [0.5, 0.6) is 0 Å². The molecule has 0 N–H and O–H groups in total. The summed E-state index contributed by atoms with van der Waals surface area (Å²) < 4.78 is 12.1. The molecule has 1 aliphatic heterocycles. The molecule has 0 fully saturated rings. The fraction of sp³-hybridized carbons (Fsp3) is 0.106. The normalized spacial score (nSPS) is 18.2. The minimum atomic E-state index is -0.170. The van der Waals surface area contributed by atoms with Crippen LogP contribution in [0, 0.1) is 11.8 Å². The quantitative estimate of drug-likeness (QED) is 0.163. The molecule has 2 unspecified atom stereocenters. The summed E-state index contributed by atoms with van der Waals surface area (Å²) in [7, 11) is 0. The van der Waals surface area contributed by atoms with Crippen molar-refractivity contribution in [3.05, 3.63) is 229 Å². The van der Waals surface area contributed by atoms with E-state index in [1.54, 1.807) is 0 Å². The van der Waals surface area contributed by atoms with Crippen molar-refractivity contribution in [3.63, 3.8) is 0 Å². The second-order valence-corrected chi connectivity index (χ2v) is 20.3. The van der Waals surface area contributed by atoms with Gasteiger partial charge < -0.3 is 8.98 Å². The Morgan fingerprint density at radius 2 is 1.21 bits per heavy atom. The number of fused-ring (bicyclic) bond motifs is 12. The molecule has 13 aromatic rings. The average molecular weight is 917 g/mol. The van der Waals surface area contributed by atoms with E-state index in [1.807, 2.05) is 11.3 Å². The van der Waals surface area contributed by atoms with Crippen LogP contribution in [0.25, 0.3) is 108 Å². The first-order valence-corrected chi connectivity index (χ1v) is 25.5. The average Bonchev–Trinajstić information content (AvgIpc) is 4.08. The van der Waals surface area contributed by atoms with Crippen molar-refractivity contribution in [1.82, 2.24) is 4.57 Å². The molecule has 10 aromatic carbocycles. The Hall–Kier alpha value is -8.05. The zero-order valence-electron chi connectivity index (χ0n) is 39.1. The Morgan fingerprint density at radius 1 is 0.529 bits per heavy atom. The molecule has 334 valence electrons. The van der Waals surface area contributed by atoms with Crippen LogP contribution in [-0.2, 0) is 0 Å². The van der Waals surface area contributed by atoms with Crippen molar-refractivity contribution in [2.24, 2.45) is 16.8 Å². The molecule has 4 heterocycles. The number of benzene rings is 10. The van der Waals surface area contributed by atoms with E-state index in [2.05, 4.69) is 231 Å². The summed E-state index contributed by atoms with van der Waals surface area (Å²) in [5.74, 6) is 0.178. The van der Waals surface area contributed by atoms with Gasteiger partial charge in [0, 0.05) is 64.8 Å². The van der Waals surface area contributed by atoms with Crippen LogP contribution < -0.4 is 0 Å². The molecule has 3 atom stereocenters. The van der Waals surface area contributed by atoms with Gasteiger partial charge in [0.15, 0.2) is 0 Å². The lowest BCUT2D eigenvalue weighted by Gasteiger charge is -2.32. The van der Waals surface area contributed by atoms with Crippen LogP contribution in [0.2, 0.25) is 0 Å². The topological polar surface area (TPSA) is 30.4 Å². The van der Waals surface area contributed by atoms with Crippen LogP contribution in [0.3, 0.4) is 0 Å². The van der Waals surface area contributed by atoms with Crippen LogP contribution in [-0.4, -0.2) is 10.3 Å². The summed E-state index contributed by atoms with van der Waals surface area (Å²) in [4.78, 5) is 6.24. The third-order valence-electron chi connectivity index (χ3n) is 15.3. The van der Waals surface area contributed by atoms with E-state index >= 15 is 0 Å². The third-order valence-corrected chi connectivity index (χ3v) is 16.4. The van der Waals surface area contributed by atoms with Gasteiger partial charge in [-0.05, 0) is 117 Å². The molecular formula is C66H48N2OS. The van der Waals surface area contributed by atoms with E-state index in [4.69, 9.17) is 9.41 Å². The Labute approximate surface area is 410 Å². The SMILES string of the molecule is CC[C@H]1/C(c2ccc(-c3ccccc3)cc2)=C/CC(C)/C(c2cc3oc4ccc5ccccc5c4c3cc2-n2c3ccccc3c3cc4ccccc4cc32)=N\C1c1ccc2sc3ccccc3c2c1. The van der Waals surface area contributed by atoms with Gasteiger partial charge in [0.1, 0.15) is 11.2 Å². The highest BCUT2D eigenvalue weighted by Crippen LogP contribution is 2.47. The van der Waals surface area contributed by atoms with Crippen LogP contribution >= 0.6 is 11.3 Å². The summed E-state index contributed by atoms with van der Waals surface area (Å²) in [6.07, 6.45) is 4.31. The van der Waals surface area contributed by atoms with Gasteiger partial charge in [-0.3, -0.25) is 4.99 Å². The minimum absolute atomic E-state index is 0.0694.